The van der Waals surface area contributed by atoms with Crippen LogP contribution in [0, 0.1) is 0 Å². The molecule has 7 nitrogen and oxygen atoms in total. The first-order chi connectivity index (χ1) is 11.1. The maximum absolute atomic E-state index is 10.9. The zero-order valence-electron chi connectivity index (χ0n) is 13.1. The third-order valence-electron chi connectivity index (χ3n) is 3.98. The summed E-state index contributed by atoms with van der Waals surface area (Å²) in [6.45, 7) is 2.19. The molecule has 2 aromatic rings. The van der Waals surface area contributed by atoms with Crippen molar-refractivity contribution >= 4 is 11.9 Å². The number of piperidine rings is 1. The highest BCUT2D eigenvalue weighted by atomic mass is 16.5. The first-order valence-electron chi connectivity index (χ1n) is 7.68. The van der Waals surface area contributed by atoms with Gasteiger partial charge in [0.15, 0.2) is 0 Å². The van der Waals surface area contributed by atoms with E-state index in [4.69, 9.17) is 9.84 Å². The van der Waals surface area contributed by atoms with E-state index in [9.17, 15) is 4.79 Å². The Labute approximate surface area is 134 Å². The summed E-state index contributed by atoms with van der Waals surface area (Å²) >= 11 is 0. The zero-order valence-corrected chi connectivity index (χ0v) is 13.1. The van der Waals surface area contributed by atoms with E-state index in [0.29, 0.717) is 12.6 Å². The Bertz CT molecular complexity index is 663. The van der Waals surface area contributed by atoms with Crippen molar-refractivity contribution in [3.63, 3.8) is 0 Å². The number of carboxylic acid groups (broad SMARTS) is 1. The molecule has 7 heteroatoms. The predicted octanol–water partition coefficient (Wildman–Crippen LogP) is 1.70. The number of anilines is 1. The van der Waals surface area contributed by atoms with Gasteiger partial charge in [-0.15, -0.1) is 5.10 Å². The minimum Gasteiger partial charge on any atom is -0.475 e. The molecular formula is C16H20N4O3. The molecule has 1 aliphatic rings. The van der Waals surface area contributed by atoms with Gasteiger partial charge in [-0.2, -0.15) is 4.98 Å². The van der Waals surface area contributed by atoms with Crippen LogP contribution in [0.2, 0.25) is 0 Å². The van der Waals surface area contributed by atoms with Crippen molar-refractivity contribution in [2.75, 3.05) is 18.0 Å². The number of nitrogens with zero attached hydrogens (tertiary/aromatic N) is 4. The van der Waals surface area contributed by atoms with Gasteiger partial charge in [0, 0.05) is 20.1 Å². The Kier molecular flexibility index (Phi) is 4.57. The Hall–Kier alpha value is -2.41. The molecule has 0 unspecified atom stereocenters. The summed E-state index contributed by atoms with van der Waals surface area (Å²) in [5.41, 5.74) is 1.18. The molecule has 3 rings (SSSR count). The lowest BCUT2D eigenvalue weighted by molar-refractivity contribution is 0.0249. The summed E-state index contributed by atoms with van der Waals surface area (Å²) in [4.78, 5) is 17.1. The molecule has 1 aromatic heterocycles. The maximum Gasteiger partial charge on any atom is 0.375 e. The van der Waals surface area contributed by atoms with E-state index >= 15 is 0 Å². The number of carboxylic acids is 1. The van der Waals surface area contributed by atoms with Crippen molar-refractivity contribution in [3.05, 3.63) is 41.7 Å². The fourth-order valence-corrected chi connectivity index (χ4v) is 2.75. The van der Waals surface area contributed by atoms with Crippen LogP contribution in [0.15, 0.2) is 30.3 Å². The zero-order chi connectivity index (χ0) is 16.2. The molecule has 1 N–H and O–H groups in total. The molecule has 2 heterocycles. The van der Waals surface area contributed by atoms with Crippen LogP contribution < -0.4 is 4.90 Å². The number of rotatable bonds is 5. The highest BCUT2D eigenvalue weighted by Gasteiger charge is 2.24. The van der Waals surface area contributed by atoms with E-state index in [-0.39, 0.29) is 11.9 Å². The highest BCUT2D eigenvalue weighted by molar-refractivity contribution is 5.83. The lowest BCUT2D eigenvalue weighted by Crippen LogP contribution is -2.38. The van der Waals surface area contributed by atoms with Crippen molar-refractivity contribution < 1.29 is 14.6 Å². The van der Waals surface area contributed by atoms with Crippen LogP contribution in [0.4, 0.5) is 5.95 Å². The number of aromatic carboxylic acids is 1. The van der Waals surface area contributed by atoms with Gasteiger partial charge >= 0.3 is 5.97 Å². The third kappa shape index (κ3) is 3.68. The standard InChI is InChI=1S/C16H20N4O3/c1-19-16(17-14(18-19)15(21)22)20-9-7-13(8-10-20)23-11-12-5-3-2-4-6-12/h2-6,13H,7-11H2,1H3,(H,21,22). The van der Waals surface area contributed by atoms with Gasteiger partial charge in [-0.1, -0.05) is 30.3 Å². The molecule has 23 heavy (non-hydrogen) atoms. The highest BCUT2D eigenvalue weighted by Crippen LogP contribution is 2.20. The van der Waals surface area contributed by atoms with Gasteiger partial charge in [0.1, 0.15) is 0 Å². The molecule has 0 saturated carbocycles. The lowest BCUT2D eigenvalue weighted by atomic mass is 10.1. The van der Waals surface area contributed by atoms with Gasteiger partial charge in [0.05, 0.1) is 12.7 Å². The topological polar surface area (TPSA) is 80.5 Å². The Balaban J connectivity index is 1.53. The molecular weight excluding hydrogens is 296 g/mol. The molecule has 0 atom stereocenters. The second-order valence-electron chi connectivity index (χ2n) is 5.65. The second kappa shape index (κ2) is 6.78. The van der Waals surface area contributed by atoms with Crippen LogP contribution in [0.5, 0.6) is 0 Å². The van der Waals surface area contributed by atoms with E-state index in [2.05, 4.69) is 27.1 Å². The van der Waals surface area contributed by atoms with Gasteiger partial charge in [0.2, 0.25) is 5.95 Å². The molecule has 0 bridgehead atoms. The normalized spacial score (nSPS) is 15.8. The van der Waals surface area contributed by atoms with Crippen LogP contribution in [0.25, 0.3) is 0 Å². The molecule has 0 aliphatic carbocycles. The number of aromatic nitrogens is 3. The Morgan fingerprint density at radius 2 is 2.00 bits per heavy atom. The van der Waals surface area contributed by atoms with Crippen LogP contribution in [0.1, 0.15) is 29.0 Å². The van der Waals surface area contributed by atoms with Crippen LogP contribution in [0.3, 0.4) is 0 Å². The van der Waals surface area contributed by atoms with Crippen molar-refractivity contribution in [2.24, 2.45) is 7.05 Å². The minimum atomic E-state index is -1.10. The quantitative estimate of drug-likeness (QED) is 0.904. The third-order valence-corrected chi connectivity index (χ3v) is 3.98. The largest absolute Gasteiger partial charge is 0.475 e. The fraction of sp³-hybridized carbons (Fsp3) is 0.438. The van der Waals surface area contributed by atoms with Gasteiger partial charge in [-0.3, -0.25) is 0 Å². The SMILES string of the molecule is Cn1nc(C(=O)O)nc1N1CCC(OCc2ccccc2)CC1. The number of ether oxygens (including phenoxy) is 1. The van der Waals surface area contributed by atoms with E-state index in [1.165, 1.54) is 10.2 Å². The fourth-order valence-electron chi connectivity index (χ4n) is 2.75. The Morgan fingerprint density at radius 3 is 2.61 bits per heavy atom. The molecule has 122 valence electrons. The van der Waals surface area contributed by atoms with Crippen molar-refractivity contribution in [1.29, 1.82) is 0 Å². The summed E-state index contributed by atoms with van der Waals surface area (Å²) < 4.78 is 7.49. The van der Waals surface area contributed by atoms with E-state index in [1.807, 2.05) is 18.2 Å². The molecule has 1 fully saturated rings. The monoisotopic (exact) mass is 316 g/mol. The molecule has 1 aliphatic heterocycles. The number of aryl methyl sites for hydroxylation is 1. The first-order valence-corrected chi connectivity index (χ1v) is 7.68. The lowest BCUT2D eigenvalue weighted by Gasteiger charge is -2.32. The average molecular weight is 316 g/mol. The summed E-state index contributed by atoms with van der Waals surface area (Å²) in [6, 6.07) is 10.1. The number of benzene rings is 1. The average Bonchev–Trinajstić information content (AvgIpc) is 2.97. The van der Waals surface area contributed by atoms with Crippen LogP contribution in [-0.4, -0.2) is 45.0 Å². The second-order valence-corrected chi connectivity index (χ2v) is 5.65. The Morgan fingerprint density at radius 1 is 1.30 bits per heavy atom. The first kappa shape index (κ1) is 15.5. The summed E-state index contributed by atoms with van der Waals surface area (Å²) in [5, 5.41) is 12.9. The summed E-state index contributed by atoms with van der Waals surface area (Å²) in [7, 11) is 1.72. The van der Waals surface area contributed by atoms with Gasteiger partial charge in [-0.25, -0.2) is 9.48 Å². The van der Waals surface area contributed by atoms with Crippen molar-refractivity contribution in [3.8, 4) is 0 Å². The molecule has 1 saturated heterocycles. The molecule has 0 radical (unpaired) electrons. The molecule has 1 aromatic carbocycles. The number of hydrogen-bond acceptors (Lipinski definition) is 5. The van der Waals surface area contributed by atoms with Crippen molar-refractivity contribution in [1.82, 2.24) is 14.8 Å². The van der Waals surface area contributed by atoms with E-state index in [1.54, 1.807) is 7.05 Å². The van der Waals surface area contributed by atoms with Crippen molar-refractivity contribution in [2.45, 2.75) is 25.6 Å². The van der Waals surface area contributed by atoms with Gasteiger partial charge < -0.3 is 14.7 Å². The molecule has 0 amide bonds. The minimum absolute atomic E-state index is 0.162. The smallest absolute Gasteiger partial charge is 0.375 e. The maximum atomic E-state index is 10.9. The van der Waals surface area contributed by atoms with Gasteiger partial charge in [-0.05, 0) is 18.4 Å². The van der Waals surface area contributed by atoms with E-state index in [0.717, 1.165) is 25.9 Å². The number of hydrogen-bond donors (Lipinski definition) is 1. The van der Waals surface area contributed by atoms with E-state index < -0.39 is 5.97 Å². The number of carbonyl (C=O) groups is 1. The molecule has 0 spiro atoms. The van der Waals surface area contributed by atoms with Gasteiger partial charge in [0.25, 0.3) is 5.82 Å². The summed E-state index contributed by atoms with van der Waals surface area (Å²) in [5.74, 6) is -0.665. The predicted molar refractivity (Wildman–Crippen MR) is 84.4 cm³/mol. The summed E-state index contributed by atoms with van der Waals surface area (Å²) in [6.07, 6.45) is 2.00. The van der Waals surface area contributed by atoms with Crippen LogP contribution in [-0.2, 0) is 18.4 Å². The van der Waals surface area contributed by atoms with Crippen LogP contribution >= 0.6 is 0 Å².